The zero-order valence-electron chi connectivity index (χ0n) is 9.03. The molecule has 1 heterocycles. The van der Waals surface area contributed by atoms with Crippen molar-refractivity contribution < 1.29 is 0 Å². The molecule has 2 rings (SSSR count). The molecule has 0 amide bonds. The molecule has 0 unspecified atom stereocenters. The molecule has 80 valence electrons. The smallest absolute Gasteiger partial charge is 0.0484 e. The fraction of sp³-hybridized carbons (Fsp3) is 0.333. The Bertz CT molecular complexity index is 471. The second-order valence-corrected chi connectivity index (χ2v) is 3.76. The van der Waals surface area contributed by atoms with E-state index in [0.717, 1.165) is 18.7 Å². The Labute approximate surface area is 89.7 Å². The van der Waals surface area contributed by atoms with Crippen LogP contribution in [-0.2, 0) is 13.0 Å². The highest BCUT2D eigenvalue weighted by atomic mass is 14.9. The molecule has 1 aromatic carbocycles. The van der Waals surface area contributed by atoms with Crippen LogP contribution in [0.1, 0.15) is 12.5 Å². The molecule has 0 fully saturated rings. The fourth-order valence-electron chi connectivity index (χ4n) is 2.00. The van der Waals surface area contributed by atoms with Gasteiger partial charge in [-0.25, -0.2) is 0 Å². The zero-order valence-corrected chi connectivity index (χ0v) is 9.03. The number of rotatable bonds is 3. The summed E-state index contributed by atoms with van der Waals surface area (Å²) in [7, 11) is 0. The van der Waals surface area contributed by atoms with Gasteiger partial charge in [0.2, 0.25) is 0 Å². The van der Waals surface area contributed by atoms with Crippen molar-refractivity contribution in [3.8, 4) is 0 Å². The molecule has 0 saturated heterocycles. The Morgan fingerprint density at radius 1 is 1.33 bits per heavy atom. The van der Waals surface area contributed by atoms with Crippen molar-refractivity contribution in [3.05, 3.63) is 30.0 Å². The average Bonchev–Trinajstić information content (AvgIpc) is 2.57. The summed E-state index contributed by atoms with van der Waals surface area (Å²) >= 11 is 0. The Balaban J connectivity index is 2.64. The van der Waals surface area contributed by atoms with Gasteiger partial charge in [-0.15, -0.1) is 0 Å². The van der Waals surface area contributed by atoms with Crippen molar-refractivity contribution in [1.29, 1.82) is 0 Å². The van der Waals surface area contributed by atoms with Gasteiger partial charge in [-0.3, -0.25) is 0 Å². The molecule has 0 spiro atoms. The van der Waals surface area contributed by atoms with Crippen LogP contribution in [-0.4, -0.2) is 11.1 Å². The van der Waals surface area contributed by atoms with Crippen LogP contribution in [0.2, 0.25) is 0 Å². The molecule has 4 N–H and O–H groups in total. The number of hydrogen-bond acceptors (Lipinski definition) is 2. The lowest BCUT2D eigenvalue weighted by Crippen LogP contribution is -2.02. The summed E-state index contributed by atoms with van der Waals surface area (Å²) in [5.41, 5.74) is 14.8. The van der Waals surface area contributed by atoms with Crippen LogP contribution in [0.25, 0.3) is 10.9 Å². The molecule has 0 bridgehead atoms. The van der Waals surface area contributed by atoms with E-state index in [2.05, 4.69) is 23.8 Å². The van der Waals surface area contributed by atoms with Crippen molar-refractivity contribution in [2.45, 2.75) is 19.9 Å². The van der Waals surface area contributed by atoms with Gasteiger partial charge in [-0.2, -0.15) is 0 Å². The molecule has 3 heteroatoms. The molecule has 1 aromatic heterocycles. The molecule has 0 saturated carbocycles. The molecule has 3 nitrogen and oxygen atoms in total. The van der Waals surface area contributed by atoms with Crippen LogP contribution in [0.3, 0.4) is 0 Å². The minimum Gasteiger partial charge on any atom is -0.399 e. The molecule has 0 aliphatic heterocycles. The Hall–Kier alpha value is -1.48. The minimum atomic E-state index is 0.678. The van der Waals surface area contributed by atoms with Gasteiger partial charge in [-0.05, 0) is 43.7 Å². The van der Waals surface area contributed by atoms with E-state index < -0.39 is 0 Å². The lowest BCUT2D eigenvalue weighted by atomic mass is 10.1. The monoisotopic (exact) mass is 203 g/mol. The summed E-state index contributed by atoms with van der Waals surface area (Å²) in [5.74, 6) is 0. The van der Waals surface area contributed by atoms with Gasteiger partial charge in [-0.1, -0.05) is 0 Å². The first-order chi connectivity index (χ1) is 7.26. The molecular weight excluding hydrogens is 186 g/mol. The molecule has 0 atom stereocenters. The Morgan fingerprint density at radius 2 is 2.13 bits per heavy atom. The summed E-state index contributed by atoms with van der Waals surface area (Å²) < 4.78 is 2.24. The number of nitrogen functional groups attached to an aromatic ring is 1. The van der Waals surface area contributed by atoms with Crippen LogP contribution < -0.4 is 11.5 Å². The maximum absolute atomic E-state index is 5.80. The summed E-state index contributed by atoms with van der Waals surface area (Å²) in [6.07, 6.45) is 3.09. The third kappa shape index (κ3) is 1.70. The summed E-state index contributed by atoms with van der Waals surface area (Å²) in [4.78, 5) is 0. The summed E-state index contributed by atoms with van der Waals surface area (Å²) in [6.45, 7) is 3.80. The largest absolute Gasteiger partial charge is 0.399 e. The maximum Gasteiger partial charge on any atom is 0.0484 e. The number of nitrogens with two attached hydrogens (primary N) is 2. The van der Waals surface area contributed by atoms with E-state index >= 15 is 0 Å². The number of aromatic nitrogens is 1. The molecule has 15 heavy (non-hydrogen) atoms. The second-order valence-electron chi connectivity index (χ2n) is 3.76. The molecular formula is C12H17N3. The SMILES string of the molecule is CCn1cc(CCN)c2cc(N)ccc21. The quantitative estimate of drug-likeness (QED) is 0.747. The summed E-state index contributed by atoms with van der Waals surface area (Å²) in [6, 6.07) is 6.06. The van der Waals surface area contributed by atoms with E-state index in [9.17, 15) is 0 Å². The van der Waals surface area contributed by atoms with Crippen molar-refractivity contribution in [2.24, 2.45) is 5.73 Å². The van der Waals surface area contributed by atoms with Crippen molar-refractivity contribution in [3.63, 3.8) is 0 Å². The van der Waals surface area contributed by atoms with Crippen LogP contribution in [0.4, 0.5) is 5.69 Å². The van der Waals surface area contributed by atoms with E-state index in [1.54, 1.807) is 0 Å². The van der Waals surface area contributed by atoms with Crippen LogP contribution >= 0.6 is 0 Å². The Kier molecular flexibility index (Phi) is 2.64. The highest BCUT2D eigenvalue weighted by Crippen LogP contribution is 2.24. The third-order valence-corrected chi connectivity index (χ3v) is 2.74. The second kappa shape index (κ2) is 3.95. The number of fused-ring (bicyclic) bond motifs is 1. The van der Waals surface area contributed by atoms with Gasteiger partial charge in [0.25, 0.3) is 0 Å². The average molecular weight is 203 g/mol. The van der Waals surface area contributed by atoms with E-state index in [0.29, 0.717) is 6.54 Å². The third-order valence-electron chi connectivity index (χ3n) is 2.74. The highest BCUT2D eigenvalue weighted by Gasteiger charge is 2.06. The minimum absolute atomic E-state index is 0.678. The van der Waals surface area contributed by atoms with Gasteiger partial charge < -0.3 is 16.0 Å². The lowest BCUT2D eigenvalue weighted by molar-refractivity contribution is 0.790. The first-order valence-electron chi connectivity index (χ1n) is 5.33. The van der Waals surface area contributed by atoms with E-state index in [-0.39, 0.29) is 0 Å². The normalized spacial score (nSPS) is 11.1. The molecule has 0 aliphatic carbocycles. The number of anilines is 1. The van der Waals surface area contributed by atoms with Gasteiger partial charge in [0.15, 0.2) is 0 Å². The standard InChI is InChI=1S/C12H17N3/c1-2-15-8-9(5-6-13)11-7-10(14)3-4-12(11)15/h3-4,7-8H,2,5-6,13-14H2,1H3. The van der Waals surface area contributed by atoms with Crippen LogP contribution in [0.5, 0.6) is 0 Å². The van der Waals surface area contributed by atoms with Crippen molar-refractivity contribution in [1.82, 2.24) is 4.57 Å². The number of hydrogen-bond donors (Lipinski definition) is 2. The number of nitrogens with zero attached hydrogens (tertiary/aromatic N) is 1. The number of benzene rings is 1. The van der Waals surface area contributed by atoms with E-state index in [1.165, 1.54) is 16.5 Å². The number of aryl methyl sites for hydroxylation is 1. The highest BCUT2D eigenvalue weighted by molar-refractivity contribution is 5.86. The topological polar surface area (TPSA) is 57.0 Å². The summed E-state index contributed by atoms with van der Waals surface area (Å²) in [5, 5.41) is 1.24. The first-order valence-corrected chi connectivity index (χ1v) is 5.33. The Morgan fingerprint density at radius 3 is 2.80 bits per heavy atom. The van der Waals surface area contributed by atoms with Gasteiger partial charge in [0.1, 0.15) is 0 Å². The molecule has 2 aromatic rings. The van der Waals surface area contributed by atoms with Crippen molar-refractivity contribution in [2.75, 3.05) is 12.3 Å². The van der Waals surface area contributed by atoms with E-state index in [4.69, 9.17) is 11.5 Å². The van der Waals surface area contributed by atoms with Crippen LogP contribution in [0.15, 0.2) is 24.4 Å². The maximum atomic E-state index is 5.80. The van der Waals surface area contributed by atoms with Gasteiger partial charge >= 0.3 is 0 Å². The molecule has 0 aliphatic rings. The van der Waals surface area contributed by atoms with Gasteiger partial charge in [0, 0.05) is 29.3 Å². The lowest BCUT2D eigenvalue weighted by Gasteiger charge is -2.00. The van der Waals surface area contributed by atoms with Gasteiger partial charge in [0.05, 0.1) is 0 Å². The van der Waals surface area contributed by atoms with E-state index in [1.807, 2.05) is 12.1 Å². The van der Waals surface area contributed by atoms with Crippen molar-refractivity contribution >= 4 is 16.6 Å². The predicted octanol–water partition coefficient (Wildman–Crippen LogP) is 1.74. The predicted molar refractivity (Wildman–Crippen MR) is 64.8 cm³/mol. The zero-order chi connectivity index (χ0) is 10.8. The molecule has 0 radical (unpaired) electrons. The fourth-order valence-corrected chi connectivity index (χ4v) is 2.00. The van der Waals surface area contributed by atoms with Crippen LogP contribution in [0, 0.1) is 0 Å². The first kappa shape index (κ1) is 10.1.